The number of carbonyl (C=O) groups excluding carboxylic acids is 1. The van der Waals surface area contributed by atoms with Gasteiger partial charge in [-0.05, 0) is 36.4 Å². The molecule has 27 heavy (non-hydrogen) atoms. The van der Waals surface area contributed by atoms with E-state index < -0.39 is 5.97 Å². The Labute approximate surface area is 151 Å². The highest BCUT2D eigenvalue weighted by Crippen LogP contribution is 2.21. The molecule has 0 unspecified atom stereocenters. The van der Waals surface area contributed by atoms with Gasteiger partial charge in [-0.3, -0.25) is 4.79 Å². The van der Waals surface area contributed by atoms with Crippen LogP contribution in [-0.2, 0) is 11.3 Å². The Kier molecular flexibility index (Phi) is 4.25. The van der Waals surface area contributed by atoms with Crippen molar-refractivity contribution in [1.29, 1.82) is 0 Å². The second-order valence-electron chi connectivity index (χ2n) is 5.74. The second kappa shape index (κ2) is 6.87. The summed E-state index contributed by atoms with van der Waals surface area (Å²) in [4.78, 5) is 24.2. The zero-order valence-electron chi connectivity index (χ0n) is 13.8. The van der Waals surface area contributed by atoms with E-state index in [2.05, 4.69) is 5.16 Å². The van der Waals surface area contributed by atoms with Crippen molar-refractivity contribution < 1.29 is 22.9 Å². The molecule has 0 radical (unpaired) electrons. The molecule has 0 saturated heterocycles. The average Bonchev–Trinajstić information content (AvgIpc) is 3.15. The minimum Gasteiger partial charge on any atom is -0.453 e. The molecule has 0 amide bonds. The standard InChI is InChI=1S/C20H12FNO5/c21-13-7-5-12(6-8-13)18-9-14(22-27-18)11-25-20(24)19-10-16(23)15-3-1-2-4-17(15)26-19/h1-10H,11H2. The van der Waals surface area contributed by atoms with Crippen LogP contribution < -0.4 is 5.43 Å². The molecule has 0 fully saturated rings. The van der Waals surface area contributed by atoms with Crippen LogP contribution in [0.2, 0.25) is 0 Å². The van der Waals surface area contributed by atoms with E-state index in [-0.39, 0.29) is 23.6 Å². The number of ether oxygens (including phenoxy) is 1. The van der Waals surface area contributed by atoms with E-state index >= 15 is 0 Å². The van der Waals surface area contributed by atoms with Gasteiger partial charge in [-0.15, -0.1) is 0 Å². The number of para-hydroxylation sites is 1. The van der Waals surface area contributed by atoms with Crippen LogP contribution in [-0.4, -0.2) is 11.1 Å². The number of nitrogens with zero attached hydrogens (tertiary/aromatic N) is 1. The van der Waals surface area contributed by atoms with Crippen LogP contribution >= 0.6 is 0 Å². The highest BCUT2D eigenvalue weighted by Gasteiger charge is 2.15. The van der Waals surface area contributed by atoms with Gasteiger partial charge >= 0.3 is 5.97 Å². The summed E-state index contributed by atoms with van der Waals surface area (Å²) in [6, 6.07) is 15.0. The summed E-state index contributed by atoms with van der Waals surface area (Å²) in [5, 5.41) is 4.19. The molecular formula is C20H12FNO5. The van der Waals surface area contributed by atoms with Crippen molar-refractivity contribution in [2.45, 2.75) is 6.61 Å². The molecule has 2 heterocycles. The van der Waals surface area contributed by atoms with Crippen molar-refractivity contribution in [1.82, 2.24) is 5.16 Å². The predicted octanol–water partition coefficient (Wildman–Crippen LogP) is 3.94. The Morgan fingerprint density at radius 2 is 1.85 bits per heavy atom. The maximum Gasteiger partial charge on any atom is 0.374 e. The van der Waals surface area contributed by atoms with E-state index in [9.17, 15) is 14.0 Å². The van der Waals surface area contributed by atoms with Gasteiger partial charge in [0.05, 0.1) is 5.39 Å². The number of halogens is 1. The van der Waals surface area contributed by atoms with Gasteiger partial charge in [-0.1, -0.05) is 17.3 Å². The minimum absolute atomic E-state index is 0.167. The third kappa shape index (κ3) is 3.48. The number of hydrogen-bond acceptors (Lipinski definition) is 6. The maximum absolute atomic E-state index is 13.0. The summed E-state index contributed by atoms with van der Waals surface area (Å²) in [5.41, 5.74) is 0.980. The van der Waals surface area contributed by atoms with Gasteiger partial charge in [0.15, 0.2) is 11.2 Å². The van der Waals surface area contributed by atoms with Crippen molar-refractivity contribution in [2.24, 2.45) is 0 Å². The molecule has 2 aromatic heterocycles. The molecule has 4 rings (SSSR count). The van der Waals surface area contributed by atoms with Crippen LogP contribution in [0.15, 0.2) is 74.4 Å². The number of carbonyl (C=O) groups is 1. The van der Waals surface area contributed by atoms with Crippen molar-refractivity contribution in [2.75, 3.05) is 0 Å². The summed E-state index contributed by atoms with van der Waals surface area (Å²) in [5.74, 6) is -0.923. The Balaban J connectivity index is 1.48. The van der Waals surface area contributed by atoms with E-state index in [4.69, 9.17) is 13.7 Å². The Hall–Kier alpha value is -3.74. The highest BCUT2D eigenvalue weighted by atomic mass is 19.1. The fourth-order valence-electron chi connectivity index (χ4n) is 2.55. The first-order valence-corrected chi connectivity index (χ1v) is 8.02. The first-order valence-electron chi connectivity index (χ1n) is 8.02. The molecule has 0 aliphatic heterocycles. The molecule has 2 aromatic carbocycles. The van der Waals surface area contributed by atoms with Crippen molar-refractivity contribution >= 4 is 16.9 Å². The van der Waals surface area contributed by atoms with Crippen molar-refractivity contribution in [3.63, 3.8) is 0 Å². The molecule has 0 saturated carbocycles. The third-order valence-corrected chi connectivity index (χ3v) is 3.87. The van der Waals surface area contributed by atoms with E-state index in [1.807, 2.05) is 0 Å². The minimum atomic E-state index is -0.788. The molecule has 6 nitrogen and oxygen atoms in total. The lowest BCUT2D eigenvalue weighted by molar-refractivity contribution is 0.0428. The number of hydrogen-bond donors (Lipinski definition) is 0. The molecular weight excluding hydrogens is 353 g/mol. The van der Waals surface area contributed by atoms with Crippen LogP contribution in [0.25, 0.3) is 22.3 Å². The Morgan fingerprint density at radius 3 is 2.67 bits per heavy atom. The van der Waals surface area contributed by atoms with E-state index in [1.165, 1.54) is 12.1 Å². The first kappa shape index (κ1) is 16.7. The summed E-state index contributed by atoms with van der Waals surface area (Å²) >= 11 is 0. The lowest BCUT2D eigenvalue weighted by atomic mass is 10.1. The van der Waals surface area contributed by atoms with Gasteiger partial charge in [-0.25, -0.2) is 9.18 Å². The monoisotopic (exact) mass is 365 g/mol. The van der Waals surface area contributed by atoms with E-state index in [1.54, 1.807) is 42.5 Å². The van der Waals surface area contributed by atoms with Crippen LogP contribution in [0, 0.1) is 5.82 Å². The Bertz CT molecular complexity index is 1180. The predicted molar refractivity (Wildman–Crippen MR) is 93.5 cm³/mol. The quantitative estimate of drug-likeness (QED) is 0.510. The number of aromatic nitrogens is 1. The number of rotatable bonds is 4. The van der Waals surface area contributed by atoms with Crippen LogP contribution in [0.1, 0.15) is 16.2 Å². The maximum atomic E-state index is 13.0. The third-order valence-electron chi connectivity index (χ3n) is 3.87. The van der Waals surface area contributed by atoms with Crippen LogP contribution in [0.3, 0.4) is 0 Å². The summed E-state index contributed by atoms with van der Waals surface area (Å²) in [6.07, 6.45) is 0. The van der Waals surface area contributed by atoms with Crippen LogP contribution in [0.5, 0.6) is 0 Å². The fourth-order valence-corrected chi connectivity index (χ4v) is 2.55. The second-order valence-corrected chi connectivity index (χ2v) is 5.74. The smallest absolute Gasteiger partial charge is 0.374 e. The molecule has 0 N–H and O–H groups in total. The largest absolute Gasteiger partial charge is 0.453 e. The van der Waals surface area contributed by atoms with Gasteiger partial charge in [-0.2, -0.15) is 0 Å². The summed E-state index contributed by atoms with van der Waals surface area (Å²) in [6.45, 7) is -0.167. The first-order chi connectivity index (χ1) is 13.1. The van der Waals surface area contributed by atoms with Gasteiger partial charge in [0.1, 0.15) is 23.7 Å². The van der Waals surface area contributed by atoms with Gasteiger partial charge in [0, 0.05) is 17.7 Å². The van der Waals surface area contributed by atoms with E-state index in [0.717, 1.165) is 6.07 Å². The lowest BCUT2D eigenvalue weighted by Gasteiger charge is -2.03. The zero-order chi connectivity index (χ0) is 18.8. The zero-order valence-corrected chi connectivity index (χ0v) is 13.8. The topological polar surface area (TPSA) is 82.5 Å². The summed E-state index contributed by atoms with van der Waals surface area (Å²) < 4.78 is 28.7. The molecule has 4 aromatic rings. The van der Waals surface area contributed by atoms with Crippen molar-refractivity contribution in [3.05, 3.63) is 88.2 Å². The number of fused-ring (bicyclic) bond motifs is 1. The average molecular weight is 365 g/mol. The highest BCUT2D eigenvalue weighted by molar-refractivity contribution is 5.88. The fraction of sp³-hybridized carbons (Fsp3) is 0.0500. The summed E-state index contributed by atoms with van der Waals surface area (Å²) in [7, 11) is 0. The lowest BCUT2D eigenvalue weighted by Crippen LogP contribution is -2.10. The molecule has 0 bridgehead atoms. The van der Waals surface area contributed by atoms with E-state index in [0.29, 0.717) is 28.0 Å². The Morgan fingerprint density at radius 1 is 1.07 bits per heavy atom. The number of esters is 1. The molecule has 7 heteroatoms. The molecule has 0 aliphatic rings. The SMILES string of the molecule is O=C(OCc1cc(-c2ccc(F)cc2)on1)c1cc(=O)c2ccccc2o1. The molecule has 0 aliphatic carbocycles. The number of benzene rings is 2. The normalized spacial score (nSPS) is 10.9. The van der Waals surface area contributed by atoms with Gasteiger partial charge in [0.25, 0.3) is 0 Å². The van der Waals surface area contributed by atoms with Gasteiger partial charge < -0.3 is 13.7 Å². The molecule has 0 atom stereocenters. The van der Waals surface area contributed by atoms with Crippen LogP contribution in [0.4, 0.5) is 4.39 Å². The molecule has 0 spiro atoms. The molecule has 134 valence electrons. The van der Waals surface area contributed by atoms with Gasteiger partial charge in [0.2, 0.25) is 5.76 Å². The van der Waals surface area contributed by atoms with Crippen molar-refractivity contribution in [3.8, 4) is 11.3 Å².